The van der Waals surface area contributed by atoms with Crippen LogP contribution in [0.1, 0.15) is 61.8 Å². The molecule has 0 amide bonds. The Morgan fingerprint density at radius 1 is 0.677 bits per heavy atom. The fourth-order valence-corrected chi connectivity index (χ4v) is 3.96. The van der Waals surface area contributed by atoms with Gasteiger partial charge in [-0.2, -0.15) is 0 Å². The van der Waals surface area contributed by atoms with Crippen LogP contribution in [0.15, 0.2) is 46.4 Å². The minimum atomic E-state index is 0. The summed E-state index contributed by atoms with van der Waals surface area (Å²) in [4.78, 5) is 14.9. The zero-order valence-corrected chi connectivity index (χ0v) is 21.1. The Labute approximate surface area is 198 Å². The summed E-state index contributed by atoms with van der Waals surface area (Å²) in [6.07, 6.45) is 0. The summed E-state index contributed by atoms with van der Waals surface area (Å²) in [6, 6.07) is 12.9. The number of nitrogens with zero attached hydrogens (tertiary/aromatic N) is 4. The first-order chi connectivity index (χ1) is 14.2. The third-order valence-corrected chi connectivity index (χ3v) is 5.91. The predicted molar refractivity (Wildman–Crippen MR) is 130 cm³/mol. The molecule has 5 heteroatoms. The maximum Gasteiger partial charge on any atom is 0.172 e. The van der Waals surface area contributed by atoms with Crippen LogP contribution in [0, 0.1) is 13.8 Å². The van der Waals surface area contributed by atoms with Crippen LogP contribution in [0.2, 0.25) is 0 Å². The van der Waals surface area contributed by atoms with E-state index in [1.807, 2.05) is 0 Å². The quantitative estimate of drug-likeness (QED) is 0.507. The number of piperazine rings is 1. The van der Waals surface area contributed by atoms with E-state index < -0.39 is 0 Å². The van der Waals surface area contributed by atoms with Crippen molar-refractivity contribution in [3.05, 3.63) is 58.7 Å². The van der Waals surface area contributed by atoms with Crippen molar-refractivity contribution in [3.63, 3.8) is 0 Å². The van der Waals surface area contributed by atoms with Crippen molar-refractivity contribution < 1.29 is 16.5 Å². The van der Waals surface area contributed by atoms with Gasteiger partial charge in [-0.3, -0.25) is 0 Å². The zero-order valence-electron chi connectivity index (χ0n) is 20.1. The molecule has 1 heterocycles. The van der Waals surface area contributed by atoms with E-state index in [2.05, 4.69) is 102 Å². The van der Waals surface area contributed by atoms with Crippen molar-refractivity contribution in [1.29, 1.82) is 0 Å². The Morgan fingerprint density at radius 2 is 1.06 bits per heavy atom. The van der Waals surface area contributed by atoms with E-state index in [0.29, 0.717) is 11.8 Å². The van der Waals surface area contributed by atoms with Crippen LogP contribution in [0.5, 0.6) is 0 Å². The second-order valence-electron chi connectivity index (χ2n) is 9.05. The van der Waals surface area contributed by atoms with Gasteiger partial charge in [0.1, 0.15) is 0 Å². The van der Waals surface area contributed by atoms with E-state index in [1.54, 1.807) is 0 Å². The number of benzene rings is 2. The molecular weight excluding hydrogens is 427 g/mol. The van der Waals surface area contributed by atoms with Gasteiger partial charge in [0, 0.05) is 43.7 Å². The second-order valence-corrected chi connectivity index (χ2v) is 9.05. The Balaban J connectivity index is 0.00000341. The van der Waals surface area contributed by atoms with Crippen molar-refractivity contribution in [1.82, 2.24) is 9.80 Å². The third-order valence-electron chi connectivity index (χ3n) is 5.91. The summed E-state index contributed by atoms with van der Waals surface area (Å²) in [6.45, 7) is 15.1. The molecule has 0 saturated carbocycles. The fourth-order valence-electron chi connectivity index (χ4n) is 3.96. The van der Waals surface area contributed by atoms with Crippen molar-refractivity contribution in [2.24, 2.45) is 9.98 Å². The van der Waals surface area contributed by atoms with Crippen molar-refractivity contribution in [2.45, 2.75) is 53.4 Å². The summed E-state index contributed by atoms with van der Waals surface area (Å²) >= 11 is 0. The molecule has 0 unspecified atom stereocenters. The minimum Gasteiger partial charge on any atom is -0.355 e. The van der Waals surface area contributed by atoms with Crippen LogP contribution in [-0.4, -0.2) is 48.7 Å². The molecule has 1 aliphatic heterocycles. The van der Waals surface area contributed by atoms with Crippen molar-refractivity contribution in [3.8, 4) is 0 Å². The molecule has 0 radical (unpaired) electrons. The van der Waals surface area contributed by atoms with Gasteiger partial charge in [-0.05, 0) is 47.9 Å². The van der Waals surface area contributed by atoms with Crippen LogP contribution in [0.3, 0.4) is 0 Å². The molecule has 4 nitrogen and oxygen atoms in total. The first-order valence-electron chi connectivity index (χ1n) is 11.0. The van der Waals surface area contributed by atoms with E-state index in [0.717, 1.165) is 36.1 Å². The van der Waals surface area contributed by atoms with Crippen LogP contribution in [0.25, 0.3) is 0 Å². The Morgan fingerprint density at radius 3 is 1.48 bits per heavy atom. The van der Waals surface area contributed by atoms with Gasteiger partial charge in [0.05, 0.1) is 11.4 Å². The molecule has 0 spiro atoms. The van der Waals surface area contributed by atoms with Crippen LogP contribution >= 0.6 is 0 Å². The number of rotatable bonds is 4. The maximum atomic E-state index is 5.30. The average Bonchev–Trinajstić information content (AvgIpc) is 2.69. The van der Waals surface area contributed by atoms with Crippen molar-refractivity contribution in [2.75, 3.05) is 27.2 Å². The molecule has 0 atom stereocenters. The molecule has 0 N–H and O–H groups in total. The molecule has 1 fully saturated rings. The second kappa shape index (κ2) is 10.5. The van der Waals surface area contributed by atoms with Gasteiger partial charge in [0.25, 0.3) is 0 Å². The van der Waals surface area contributed by atoms with Crippen LogP contribution in [-0.2, 0) is 16.5 Å². The summed E-state index contributed by atoms with van der Waals surface area (Å²) in [5, 5.41) is 0. The Kier molecular flexibility index (Phi) is 8.48. The Bertz CT molecular complexity index is 929. The number of aryl methyl sites for hydroxylation is 2. The molecule has 3 rings (SSSR count). The minimum absolute atomic E-state index is 0. The van der Waals surface area contributed by atoms with Crippen molar-refractivity contribution >= 4 is 23.0 Å². The summed E-state index contributed by atoms with van der Waals surface area (Å²) < 4.78 is 0. The van der Waals surface area contributed by atoms with E-state index in [4.69, 9.17) is 9.98 Å². The molecular formula is C26H36N4Ni. The molecule has 2 aromatic rings. The van der Waals surface area contributed by atoms with Gasteiger partial charge in [-0.25, -0.2) is 9.98 Å². The van der Waals surface area contributed by atoms with Crippen LogP contribution in [0.4, 0.5) is 11.4 Å². The molecule has 1 aliphatic rings. The van der Waals surface area contributed by atoms with Crippen LogP contribution < -0.4 is 0 Å². The van der Waals surface area contributed by atoms with E-state index in [-0.39, 0.29) is 16.5 Å². The first kappa shape index (κ1) is 25.1. The zero-order chi connectivity index (χ0) is 22.0. The molecule has 2 aromatic carbocycles. The number of hydrogen-bond acceptors (Lipinski definition) is 2. The first-order valence-corrected chi connectivity index (χ1v) is 11.0. The van der Waals surface area contributed by atoms with Gasteiger partial charge in [-0.15, -0.1) is 0 Å². The average molecular weight is 463 g/mol. The van der Waals surface area contributed by atoms with Gasteiger partial charge >= 0.3 is 0 Å². The van der Waals surface area contributed by atoms with E-state index in [9.17, 15) is 0 Å². The number of hydrogen-bond donors (Lipinski definition) is 0. The monoisotopic (exact) mass is 462 g/mol. The summed E-state index contributed by atoms with van der Waals surface area (Å²) in [5.74, 6) is 2.71. The standard InChI is InChI=1S/C26H36N4.Ni/c1-17(2)21-13-10-14-22(18(3)4)24(21)28-26-25(29(7)15-16-30(26)8)27-23-19(5)11-9-12-20(23)6;/h9-14,17-18H,15-16H2,1-8H3;. The largest absolute Gasteiger partial charge is 0.355 e. The van der Waals surface area contributed by atoms with Gasteiger partial charge in [0.15, 0.2) is 11.7 Å². The number of amidine groups is 2. The van der Waals surface area contributed by atoms with Gasteiger partial charge in [0.2, 0.25) is 0 Å². The molecule has 31 heavy (non-hydrogen) atoms. The number of likely N-dealkylation sites (N-methyl/N-ethyl adjacent to an activating group) is 2. The van der Waals surface area contributed by atoms with Gasteiger partial charge in [-0.1, -0.05) is 64.1 Å². The molecule has 1 saturated heterocycles. The molecule has 0 aliphatic carbocycles. The summed E-state index contributed by atoms with van der Waals surface area (Å²) in [5.41, 5.74) is 7.11. The number of para-hydroxylation sites is 2. The maximum absolute atomic E-state index is 5.30. The molecule has 0 aromatic heterocycles. The summed E-state index contributed by atoms with van der Waals surface area (Å²) in [7, 11) is 4.24. The predicted octanol–water partition coefficient (Wildman–Crippen LogP) is 6.19. The fraction of sp³-hybridized carbons (Fsp3) is 0.462. The van der Waals surface area contributed by atoms with E-state index in [1.165, 1.54) is 22.3 Å². The smallest absolute Gasteiger partial charge is 0.172 e. The SMILES string of the molecule is Cc1cccc(C)c1N=C1C(=Nc2c(C(C)C)cccc2C(C)C)N(C)CCN1C.[Ni]. The number of aliphatic imine (C=N–C) groups is 2. The normalized spacial score (nSPS) is 17.1. The van der Waals surface area contributed by atoms with Gasteiger partial charge < -0.3 is 9.80 Å². The molecule has 0 bridgehead atoms. The third kappa shape index (κ3) is 5.38. The topological polar surface area (TPSA) is 31.2 Å². The molecule has 170 valence electrons. The Hall–Kier alpha value is -2.13. The van der Waals surface area contributed by atoms with E-state index >= 15 is 0 Å².